The second-order valence-electron chi connectivity index (χ2n) is 14.9. The van der Waals surface area contributed by atoms with Crippen LogP contribution in [0.2, 0.25) is 0 Å². The molecule has 11 rings (SSSR count). The zero-order chi connectivity index (χ0) is 38.4. The molecule has 0 unspecified atom stereocenters. The molecule has 2 heterocycles. The van der Waals surface area contributed by atoms with Gasteiger partial charge in [-0.25, -0.2) is 0 Å². The number of anilines is 9. The smallest absolute Gasteiger partial charge is 0.253 e. The lowest BCUT2D eigenvalue weighted by atomic mass is 9.32. The van der Waals surface area contributed by atoms with Crippen LogP contribution < -0.4 is 31.1 Å². The van der Waals surface area contributed by atoms with E-state index in [2.05, 4.69) is 245 Å². The first-order valence-corrected chi connectivity index (χ1v) is 20.0. The maximum Gasteiger partial charge on any atom is 0.253 e. The number of benzene rings is 9. The van der Waals surface area contributed by atoms with Gasteiger partial charge in [0.05, 0.1) is 5.69 Å². The number of hydrogen-bond acceptors (Lipinski definition) is 3. The molecule has 0 saturated heterocycles. The summed E-state index contributed by atoms with van der Waals surface area (Å²) in [6, 6.07) is 83.7. The molecule has 0 atom stereocenters. The topological polar surface area (TPSA) is 9.72 Å². The first-order valence-electron chi connectivity index (χ1n) is 20.0. The van der Waals surface area contributed by atoms with E-state index in [0.717, 1.165) is 39.8 Å². The average molecular weight is 740 g/mol. The van der Waals surface area contributed by atoms with Crippen molar-refractivity contribution in [3.05, 3.63) is 231 Å². The van der Waals surface area contributed by atoms with Crippen molar-refractivity contribution in [3.8, 4) is 22.3 Å². The molecule has 272 valence electrons. The Hall–Kier alpha value is -7.56. The van der Waals surface area contributed by atoms with Gasteiger partial charge in [-0.1, -0.05) is 158 Å². The summed E-state index contributed by atoms with van der Waals surface area (Å²) in [4.78, 5) is 7.41. The Morgan fingerprint density at radius 2 is 0.655 bits per heavy atom. The Morgan fingerprint density at radius 1 is 0.293 bits per heavy atom. The van der Waals surface area contributed by atoms with Crippen LogP contribution in [-0.2, 0) is 0 Å². The molecule has 0 N–H and O–H groups in total. The molecule has 4 heteroatoms. The summed E-state index contributed by atoms with van der Waals surface area (Å²) < 4.78 is 0. The lowest BCUT2D eigenvalue weighted by Gasteiger charge is -2.46. The van der Waals surface area contributed by atoms with Gasteiger partial charge >= 0.3 is 0 Å². The van der Waals surface area contributed by atoms with Crippen molar-refractivity contribution < 1.29 is 0 Å². The summed E-state index contributed by atoms with van der Waals surface area (Å²) in [7, 11) is 0. The fraction of sp³-hybridized carbons (Fsp3) is 0. The van der Waals surface area contributed by atoms with Crippen LogP contribution >= 0.6 is 0 Å². The summed E-state index contributed by atoms with van der Waals surface area (Å²) >= 11 is 0. The minimum Gasteiger partial charge on any atom is -0.311 e. The number of rotatable bonds is 7. The van der Waals surface area contributed by atoms with Gasteiger partial charge in [0.25, 0.3) is 6.71 Å². The first-order chi connectivity index (χ1) is 28.8. The van der Waals surface area contributed by atoms with Crippen LogP contribution in [0.15, 0.2) is 231 Å². The molecule has 2 aliphatic heterocycles. The molecule has 0 aromatic heterocycles. The summed E-state index contributed by atoms with van der Waals surface area (Å²) in [5, 5.41) is 0. The summed E-state index contributed by atoms with van der Waals surface area (Å²) in [5.41, 5.74) is 19.0. The SMILES string of the molecule is c1ccc(-c2cccc3c2B2c4c(-c5ccccc5)cccc4N(c4ccccc4)c4cc(N(c5ccccc5)c5ccccc5)cc(c42)N3c2ccccc2)cc1. The number of hydrogen-bond donors (Lipinski definition) is 0. The Balaban J connectivity index is 1.31. The number of nitrogens with zero attached hydrogens (tertiary/aromatic N) is 3. The van der Waals surface area contributed by atoms with Crippen LogP contribution in [0.1, 0.15) is 0 Å². The van der Waals surface area contributed by atoms with E-state index in [1.54, 1.807) is 0 Å². The van der Waals surface area contributed by atoms with Crippen molar-refractivity contribution in [2.45, 2.75) is 0 Å². The molecule has 9 aromatic carbocycles. The molecule has 3 nitrogen and oxygen atoms in total. The zero-order valence-electron chi connectivity index (χ0n) is 31.9. The summed E-state index contributed by atoms with van der Waals surface area (Å²) in [6.07, 6.45) is 0. The zero-order valence-corrected chi connectivity index (χ0v) is 31.9. The summed E-state index contributed by atoms with van der Waals surface area (Å²) in [5.74, 6) is 0. The van der Waals surface area contributed by atoms with E-state index in [-0.39, 0.29) is 6.71 Å². The minimum atomic E-state index is -0.0845. The van der Waals surface area contributed by atoms with Gasteiger partial charge in [-0.05, 0) is 111 Å². The normalized spacial score (nSPS) is 12.4. The first kappa shape index (κ1) is 33.8. The van der Waals surface area contributed by atoms with Gasteiger partial charge in [0.15, 0.2) is 0 Å². The van der Waals surface area contributed by atoms with Crippen LogP contribution in [-0.4, -0.2) is 6.71 Å². The third kappa shape index (κ3) is 5.53. The quantitative estimate of drug-likeness (QED) is 0.151. The highest BCUT2D eigenvalue weighted by Crippen LogP contribution is 2.49. The second kappa shape index (κ2) is 14.2. The highest BCUT2D eigenvalue weighted by Gasteiger charge is 2.46. The Labute approximate surface area is 340 Å². The fourth-order valence-electron chi connectivity index (χ4n) is 9.25. The van der Waals surface area contributed by atoms with Gasteiger partial charge in [0, 0.05) is 45.5 Å². The van der Waals surface area contributed by atoms with Gasteiger partial charge in [-0.2, -0.15) is 0 Å². The van der Waals surface area contributed by atoms with Gasteiger partial charge in [-0.15, -0.1) is 0 Å². The van der Waals surface area contributed by atoms with Crippen molar-refractivity contribution in [1.29, 1.82) is 0 Å². The van der Waals surface area contributed by atoms with E-state index in [1.165, 1.54) is 50.0 Å². The molecule has 0 bridgehead atoms. The summed E-state index contributed by atoms with van der Waals surface area (Å²) in [6.45, 7) is -0.0845. The van der Waals surface area contributed by atoms with E-state index in [0.29, 0.717) is 0 Å². The van der Waals surface area contributed by atoms with Crippen LogP contribution in [0.5, 0.6) is 0 Å². The van der Waals surface area contributed by atoms with Crippen molar-refractivity contribution in [3.63, 3.8) is 0 Å². The molecule has 0 fully saturated rings. The lowest BCUT2D eigenvalue weighted by molar-refractivity contribution is 1.23. The molecule has 9 aromatic rings. The Bertz CT molecular complexity index is 2690. The highest BCUT2D eigenvalue weighted by molar-refractivity contribution is 7.02. The Morgan fingerprint density at radius 3 is 1.05 bits per heavy atom. The standard InChI is InChI=1S/C54H38BN3/c1-7-21-39(22-8-1)46-33-19-35-48-52(46)55-53-47(40-23-9-2-10-24-40)34-20-36-49(53)58(44-31-17-6-18-32-44)51-38-45(37-50(54(51)55)57(48)43-29-15-5-16-30-43)56(41-25-11-3-12-26-41)42-27-13-4-14-28-42/h1-38H. The van der Waals surface area contributed by atoms with Crippen molar-refractivity contribution >= 4 is 74.3 Å². The lowest BCUT2D eigenvalue weighted by Crippen LogP contribution is -2.62. The largest absolute Gasteiger partial charge is 0.311 e. The third-order valence-corrected chi connectivity index (χ3v) is 11.6. The minimum absolute atomic E-state index is 0.0845. The van der Waals surface area contributed by atoms with E-state index < -0.39 is 0 Å². The maximum atomic E-state index is 2.51. The molecule has 0 radical (unpaired) electrons. The molecular formula is C54H38BN3. The molecule has 0 aliphatic carbocycles. The van der Waals surface area contributed by atoms with Gasteiger partial charge in [0.1, 0.15) is 0 Å². The fourth-order valence-corrected chi connectivity index (χ4v) is 9.25. The average Bonchev–Trinajstić information content (AvgIpc) is 3.30. The molecule has 2 aliphatic rings. The van der Waals surface area contributed by atoms with E-state index in [1.807, 2.05) is 0 Å². The molecular weight excluding hydrogens is 701 g/mol. The van der Waals surface area contributed by atoms with Crippen LogP contribution in [0.25, 0.3) is 22.3 Å². The maximum absolute atomic E-state index is 2.51. The number of para-hydroxylation sites is 4. The Kier molecular flexibility index (Phi) is 8.26. The van der Waals surface area contributed by atoms with E-state index in [9.17, 15) is 0 Å². The number of fused-ring (bicyclic) bond motifs is 4. The van der Waals surface area contributed by atoms with Gasteiger partial charge in [-0.3, -0.25) is 0 Å². The predicted molar refractivity (Wildman–Crippen MR) is 246 cm³/mol. The van der Waals surface area contributed by atoms with Gasteiger partial charge in [0.2, 0.25) is 0 Å². The van der Waals surface area contributed by atoms with Crippen LogP contribution in [0.4, 0.5) is 51.2 Å². The second-order valence-corrected chi connectivity index (χ2v) is 14.9. The molecule has 0 saturated carbocycles. The monoisotopic (exact) mass is 739 g/mol. The van der Waals surface area contributed by atoms with E-state index >= 15 is 0 Å². The van der Waals surface area contributed by atoms with Crippen molar-refractivity contribution in [1.82, 2.24) is 0 Å². The van der Waals surface area contributed by atoms with Crippen LogP contribution in [0, 0.1) is 0 Å². The molecule has 0 amide bonds. The molecule has 0 spiro atoms. The van der Waals surface area contributed by atoms with Crippen molar-refractivity contribution in [2.75, 3.05) is 14.7 Å². The van der Waals surface area contributed by atoms with Crippen molar-refractivity contribution in [2.24, 2.45) is 0 Å². The predicted octanol–water partition coefficient (Wildman–Crippen LogP) is 12.6. The molecule has 58 heavy (non-hydrogen) atoms. The van der Waals surface area contributed by atoms with Gasteiger partial charge < -0.3 is 14.7 Å². The van der Waals surface area contributed by atoms with E-state index in [4.69, 9.17) is 0 Å². The highest BCUT2D eigenvalue weighted by atomic mass is 15.2. The third-order valence-electron chi connectivity index (χ3n) is 11.6. The van der Waals surface area contributed by atoms with Crippen LogP contribution in [0.3, 0.4) is 0 Å².